The molecule has 0 saturated carbocycles. The third-order valence-electron chi connectivity index (χ3n) is 2.26. The van der Waals surface area contributed by atoms with Gasteiger partial charge in [-0.05, 0) is 35.8 Å². The van der Waals surface area contributed by atoms with Gasteiger partial charge in [0.2, 0.25) is 0 Å². The summed E-state index contributed by atoms with van der Waals surface area (Å²) in [7, 11) is -3.91. The molecule has 2 rings (SSSR count). The molecule has 0 spiro atoms. The Labute approximate surface area is 127 Å². The summed E-state index contributed by atoms with van der Waals surface area (Å²) in [4.78, 5) is 0. The Hall–Kier alpha value is -2.32. The van der Waals surface area contributed by atoms with E-state index in [4.69, 9.17) is 5.26 Å². The fraction of sp³-hybridized carbons (Fsp3) is 0.0909. The van der Waals surface area contributed by atoms with Gasteiger partial charge in [0, 0.05) is 6.20 Å². The number of hydrogen-bond donors (Lipinski definition) is 1. The first-order valence-electron chi connectivity index (χ1n) is 5.45. The van der Waals surface area contributed by atoms with Gasteiger partial charge in [0.25, 0.3) is 10.0 Å². The van der Waals surface area contributed by atoms with Crippen LogP contribution in [0.25, 0.3) is 0 Å². The van der Waals surface area contributed by atoms with Gasteiger partial charge in [0.1, 0.15) is 11.8 Å². The lowest BCUT2D eigenvalue weighted by molar-refractivity contribution is -0.274. The molecule has 0 radical (unpaired) electrons. The molecule has 0 aliphatic heterocycles. The summed E-state index contributed by atoms with van der Waals surface area (Å²) in [6.45, 7) is 0. The second-order valence-electron chi connectivity index (χ2n) is 3.81. The summed E-state index contributed by atoms with van der Waals surface area (Å²) in [6.07, 6.45) is -3.66. The molecule has 1 aromatic heterocycles. The Morgan fingerprint density at radius 1 is 1.32 bits per heavy atom. The topological polar surface area (TPSA) is 92.1 Å². The van der Waals surface area contributed by atoms with E-state index in [2.05, 4.69) is 13.8 Å². The van der Waals surface area contributed by atoms with Gasteiger partial charge >= 0.3 is 6.36 Å². The summed E-state index contributed by atoms with van der Waals surface area (Å²) in [6, 6.07) is 5.63. The second kappa shape index (κ2) is 5.82. The van der Waals surface area contributed by atoms with Crippen LogP contribution in [0.4, 0.5) is 18.9 Å². The van der Waals surface area contributed by atoms with Crippen molar-refractivity contribution in [2.45, 2.75) is 10.6 Å². The standard InChI is InChI=1S/C11H6F3N3O3S2/c12-11(13,14)20-9-2-1-8(5-7(9)6-15)17-22(18,19)10-3-4-16-21-10/h1-5,17H. The molecule has 0 amide bonds. The number of anilines is 1. The lowest BCUT2D eigenvalue weighted by Crippen LogP contribution is -2.18. The Morgan fingerprint density at radius 2 is 2.05 bits per heavy atom. The molecule has 116 valence electrons. The second-order valence-corrected chi connectivity index (χ2v) is 6.55. The maximum atomic E-state index is 12.2. The molecule has 1 heterocycles. The largest absolute Gasteiger partial charge is 0.573 e. The number of nitrogens with zero attached hydrogens (tertiary/aromatic N) is 2. The molecule has 1 aromatic carbocycles. The summed E-state index contributed by atoms with van der Waals surface area (Å²) in [5, 5.41) is 8.84. The number of nitrogens with one attached hydrogen (secondary N) is 1. The van der Waals surface area contributed by atoms with Crippen LogP contribution < -0.4 is 9.46 Å². The van der Waals surface area contributed by atoms with Crippen molar-refractivity contribution in [2.75, 3.05) is 4.72 Å². The van der Waals surface area contributed by atoms with E-state index in [1.54, 1.807) is 0 Å². The lowest BCUT2D eigenvalue weighted by atomic mass is 10.2. The van der Waals surface area contributed by atoms with E-state index in [1.807, 2.05) is 0 Å². The first kappa shape index (κ1) is 16.1. The zero-order chi connectivity index (χ0) is 16.4. The van der Waals surface area contributed by atoms with E-state index >= 15 is 0 Å². The third kappa shape index (κ3) is 3.86. The molecule has 0 fully saturated rings. The van der Waals surface area contributed by atoms with E-state index in [0.29, 0.717) is 0 Å². The predicted octanol–water partition coefficient (Wildman–Crippen LogP) is 2.71. The van der Waals surface area contributed by atoms with Crippen molar-refractivity contribution in [3.8, 4) is 11.8 Å². The van der Waals surface area contributed by atoms with Gasteiger partial charge in [0.15, 0.2) is 4.21 Å². The van der Waals surface area contributed by atoms with Crippen LogP contribution in [0.3, 0.4) is 0 Å². The minimum atomic E-state index is -4.95. The molecular formula is C11H6F3N3O3S2. The van der Waals surface area contributed by atoms with Crippen LogP contribution in [0.2, 0.25) is 0 Å². The van der Waals surface area contributed by atoms with Crippen LogP contribution in [-0.2, 0) is 10.0 Å². The van der Waals surface area contributed by atoms with Crippen molar-refractivity contribution in [2.24, 2.45) is 0 Å². The number of ether oxygens (including phenoxy) is 1. The molecule has 2 aromatic rings. The lowest BCUT2D eigenvalue weighted by Gasteiger charge is -2.12. The highest BCUT2D eigenvalue weighted by atomic mass is 32.2. The minimum absolute atomic E-state index is 0.0679. The van der Waals surface area contributed by atoms with Gasteiger partial charge in [-0.3, -0.25) is 4.72 Å². The molecule has 1 N–H and O–H groups in total. The summed E-state index contributed by atoms with van der Waals surface area (Å²) < 4.78 is 69.8. The van der Waals surface area contributed by atoms with Gasteiger partial charge < -0.3 is 4.74 Å². The maximum absolute atomic E-state index is 12.2. The van der Waals surface area contributed by atoms with Crippen molar-refractivity contribution in [3.05, 3.63) is 36.0 Å². The number of benzene rings is 1. The number of aromatic nitrogens is 1. The van der Waals surface area contributed by atoms with Crippen molar-refractivity contribution in [1.82, 2.24) is 4.37 Å². The highest BCUT2D eigenvalue weighted by Crippen LogP contribution is 2.29. The van der Waals surface area contributed by atoms with E-state index in [1.165, 1.54) is 18.3 Å². The van der Waals surface area contributed by atoms with E-state index in [9.17, 15) is 21.6 Å². The number of alkyl halides is 3. The van der Waals surface area contributed by atoms with Crippen LogP contribution in [0.5, 0.6) is 5.75 Å². The van der Waals surface area contributed by atoms with Crippen molar-refractivity contribution < 1.29 is 26.3 Å². The molecule has 22 heavy (non-hydrogen) atoms. The fourth-order valence-corrected chi connectivity index (χ4v) is 3.21. The van der Waals surface area contributed by atoms with Crippen LogP contribution in [0.15, 0.2) is 34.7 Å². The van der Waals surface area contributed by atoms with Gasteiger partial charge in [-0.1, -0.05) is 0 Å². The minimum Gasteiger partial charge on any atom is -0.404 e. The summed E-state index contributed by atoms with van der Waals surface area (Å²) in [5.41, 5.74) is -0.527. The molecule has 0 aliphatic rings. The average Bonchev–Trinajstić information content (AvgIpc) is 2.93. The van der Waals surface area contributed by atoms with E-state index in [0.717, 1.165) is 29.7 Å². The molecule has 0 aliphatic carbocycles. The zero-order valence-corrected chi connectivity index (χ0v) is 12.1. The number of hydrogen-bond acceptors (Lipinski definition) is 6. The van der Waals surface area contributed by atoms with Gasteiger partial charge in [-0.15, -0.1) is 13.2 Å². The van der Waals surface area contributed by atoms with Crippen molar-refractivity contribution in [1.29, 1.82) is 5.26 Å². The fourth-order valence-electron chi connectivity index (χ4n) is 1.44. The molecule has 0 unspecified atom stereocenters. The van der Waals surface area contributed by atoms with Crippen molar-refractivity contribution in [3.63, 3.8) is 0 Å². The Morgan fingerprint density at radius 3 is 2.59 bits per heavy atom. The van der Waals surface area contributed by atoms with Crippen LogP contribution >= 0.6 is 11.5 Å². The summed E-state index contributed by atoms with van der Waals surface area (Å²) >= 11 is 0.731. The van der Waals surface area contributed by atoms with Gasteiger partial charge in [0.05, 0.1) is 11.3 Å². The van der Waals surface area contributed by atoms with E-state index < -0.39 is 27.7 Å². The molecule has 11 heteroatoms. The monoisotopic (exact) mass is 349 g/mol. The van der Waals surface area contributed by atoms with Gasteiger partial charge in [-0.2, -0.15) is 9.64 Å². The Bertz CT molecular complexity index is 811. The highest BCUT2D eigenvalue weighted by Gasteiger charge is 2.32. The Kier molecular flexibility index (Phi) is 4.25. The summed E-state index contributed by atoms with van der Waals surface area (Å²) in [5.74, 6) is -0.712. The molecule has 0 bridgehead atoms. The predicted molar refractivity (Wildman–Crippen MR) is 70.8 cm³/mol. The van der Waals surface area contributed by atoms with E-state index in [-0.39, 0.29) is 9.90 Å². The average molecular weight is 349 g/mol. The molecular weight excluding hydrogens is 343 g/mol. The van der Waals surface area contributed by atoms with Gasteiger partial charge in [-0.25, -0.2) is 8.42 Å². The van der Waals surface area contributed by atoms with Crippen LogP contribution in [-0.4, -0.2) is 19.2 Å². The smallest absolute Gasteiger partial charge is 0.404 e. The van der Waals surface area contributed by atoms with Crippen LogP contribution in [0, 0.1) is 11.3 Å². The first-order valence-corrected chi connectivity index (χ1v) is 7.70. The number of nitriles is 1. The number of rotatable bonds is 4. The number of sulfonamides is 1. The molecule has 0 atom stereocenters. The van der Waals surface area contributed by atoms with Crippen LogP contribution in [0.1, 0.15) is 5.56 Å². The maximum Gasteiger partial charge on any atom is 0.573 e. The van der Waals surface area contributed by atoms with Crippen molar-refractivity contribution >= 4 is 27.2 Å². The number of halogens is 3. The third-order valence-corrected chi connectivity index (χ3v) is 4.85. The zero-order valence-electron chi connectivity index (χ0n) is 10.5. The normalized spacial score (nSPS) is 11.7. The SMILES string of the molecule is N#Cc1cc(NS(=O)(=O)c2ccns2)ccc1OC(F)(F)F. The quantitative estimate of drug-likeness (QED) is 0.916. The molecule has 6 nitrogen and oxygen atoms in total. The first-order chi connectivity index (χ1) is 10.2. The Balaban J connectivity index is 2.30. The highest BCUT2D eigenvalue weighted by molar-refractivity contribution is 7.94. The molecule has 0 saturated heterocycles.